The van der Waals surface area contributed by atoms with Crippen LogP contribution in [0.3, 0.4) is 0 Å². The maximum absolute atomic E-state index is 12.3. The van der Waals surface area contributed by atoms with Crippen molar-refractivity contribution in [2.45, 2.75) is 6.36 Å². The molecule has 0 atom stereocenters. The fourth-order valence-electron chi connectivity index (χ4n) is 2.30. The van der Waals surface area contributed by atoms with Crippen LogP contribution in [0.2, 0.25) is 0 Å². The molecule has 0 aliphatic rings. The third kappa shape index (κ3) is 4.82. The maximum Gasteiger partial charge on any atom is 0.573 e. The Morgan fingerprint density at radius 3 is 2.54 bits per heavy atom. The summed E-state index contributed by atoms with van der Waals surface area (Å²) in [5, 5.41) is 17.8. The summed E-state index contributed by atoms with van der Waals surface area (Å²) in [5.41, 5.74) is 1.25. The first-order chi connectivity index (χ1) is 13.4. The molecule has 11 heteroatoms. The Hall–Kier alpha value is -3.47. The Morgan fingerprint density at radius 2 is 1.93 bits per heavy atom. The van der Waals surface area contributed by atoms with Gasteiger partial charge in [0.15, 0.2) is 5.82 Å². The van der Waals surface area contributed by atoms with Crippen LogP contribution in [0.15, 0.2) is 42.6 Å². The van der Waals surface area contributed by atoms with E-state index in [1.165, 1.54) is 24.4 Å². The third-order valence-corrected chi connectivity index (χ3v) is 3.48. The van der Waals surface area contributed by atoms with Crippen LogP contribution in [0.25, 0.3) is 22.8 Å². The van der Waals surface area contributed by atoms with Crippen LogP contribution in [0.4, 0.5) is 13.2 Å². The first kappa shape index (κ1) is 19.3. The number of hydrogen-bond acceptors (Lipinski definition) is 6. The summed E-state index contributed by atoms with van der Waals surface area (Å²) in [6.45, 7) is -0.196. The minimum atomic E-state index is -4.79. The Morgan fingerprint density at radius 1 is 1.18 bits per heavy atom. The lowest BCUT2D eigenvalue weighted by Gasteiger charge is -2.10. The minimum Gasteiger partial charge on any atom is -0.406 e. The van der Waals surface area contributed by atoms with Gasteiger partial charge < -0.3 is 15.2 Å². The molecular weight excluding hydrogens is 379 g/mol. The number of aromatic amines is 1. The molecule has 0 saturated carbocycles. The van der Waals surface area contributed by atoms with Gasteiger partial charge in [0.2, 0.25) is 0 Å². The molecule has 0 spiro atoms. The molecular formula is C17H14F3N5O3. The lowest BCUT2D eigenvalue weighted by molar-refractivity contribution is -0.274. The van der Waals surface area contributed by atoms with Gasteiger partial charge in [-0.25, -0.2) is 9.97 Å². The molecule has 8 nitrogen and oxygen atoms in total. The zero-order valence-electron chi connectivity index (χ0n) is 14.2. The summed E-state index contributed by atoms with van der Waals surface area (Å²) in [7, 11) is 0. The fourth-order valence-corrected chi connectivity index (χ4v) is 2.30. The van der Waals surface area contributed by atoms with E-state index >= 15 is 0 Å². The molecule has 0 bridgehead atoms. The number of aromatic nitrogens is 4. The monoisotopic (exact) mass is 393 g/mol. The van der Waals surface area contributed by atoms with Crippen molar-refractivity contribution in [2.75, 3.05) is 13.2 Å². The van der Waals surface area contributed by atoms with E-state index in [1.54, 1.807) is 6.07 Å². The average molecular weight is 393 g/mol. The molecule has 28 heavy (non-hydrogen) atoms. The van der Waals surface area contributed by atoms with Crippen LogP contribution < -0.4 is 10.1 Å². The highest BCUT2D eigenvalue weighted by Gasteiger charge is 2.31. The van der Waals surface area contributed by atoms with E-state index in [1.807, 2.05) is 0 Å². The first-order valence-electron chi connectivity index (χ1n) is 8.00. The molecule has 3 N–H and O–H groups in total. The van der Waals surface area contributed by atoms with Crippen LogP contribution >= 0.6 is 0 Å². The highest BCUT2D eigenvalue weighted by Crippen LogP contribution is 2.27. The molecule has 2 aromatic heterocycles. The van der Waals surface area contributed by atoms with Crippen molar-refractivity contribution >= 4 is 5.91 Å². The molecule has 0 aliphatic carbocycles. The molecule has 146 valence electrons. The number of aliphatic hydroxyl groups excluding tert-OH is 1. The van der Waals surface area contributed by atoms with Crippen LogP contribution in [0.1, 0.15) is 10.5 Å². The number of amides is 1. The standard InChI is InChI=1S/C17H14F3N5O3/c18-17(19,20)28-11-3-1-10(2-4-11)13-9-14(16(27)21-7-8-26)24-15(23-13)12-5-6-22-25-12/h1-6,9,26H,7-8H2,(H,21,27)(H,22,25). The van der Waals surface area contributed by atoms with Gasteiger partial charge in [0.05, 0.1) is 12.3 Å². The molecule has 1 amide bonds. The van der Waals surface area contributed by atoms with E-state index in [-0.39, 0.29) is 30.4 Å². The summed E-state index contributed by atoms with van der Waals surface area (Å²) in [5.74, 6) is -0.727. The SMILES string of the molecule is O=C(NCCO)c1cc(-c2ccc(OC(F)(F)F)cc2)nc(-c2ccn[nH]2)n1. The van der Waals surface area contributed by atoms with Crippen molar-refractivity contribution in [1.29, 1.82) is 0 Å². The maximum atomic E-state index is 12.3. The van der Waals surface area contributed by atoms with Gasteiger partial charge in [-0.1, -0.05) is 0 Å². The number of benzene rings is 1. The van der Waals surface area contributed by atoms with Crippen molar-refractivity contribution in [2.24, 2.45) is 0 Å². The molecule has 0 aliphatic heterocycles. The number of H-pyrrole nitrogens is 1. The Balaban J connectivity index is 1.97. The molecule has 0 unspecified atom stereocenters. The van der Waals surface area contributed by atoms with Gasteiger partial charge in [-0.2, -0.15) is 5.10 Å². The number of carbonyl (C=O) groups excluding carboxylic acids is 1. The number of hydrogen-bond donors (Lipinski definition) is 3. The quantitative estimate of drug-likeness (QED) is 0.592. The highest BCUT2D eigenvalue weighted by molar-refractivity contribution is 5.93. The van der Waals surface area contributed by atoms with E-state index < -0.39 is 12.3 Å². The molecule has 2 heterocycles. The van der Waals surface area contributed by atoms with E-state index in [2.05, 4.69) is 30.2 Å². The average Bonchev–Trinajstić information content (AvgIpc) is 3.20. The molecule has 3 aromatic rings. The van der Waals surface area contributed by atoms with Crippen molar-refractivity contribution in [3.05, 3.63) is 48.3 Å². The minimum absolute atomic E-state index is 0.0265. The molecule has 1 aromatic carbocycles. The summed E-state index contributed by atoms with van der Waals surface area (Å²) in [6.07, 6.45) is -3.30. The van der Waals surface area contributed by atoms with Gasteiger partial charge in [-0.15, -0.1) is 13.2 Å². The topological polar surface area (TPSA) is 113 Å². The number of rotatable bonds is 6. The van der Waals surface area contributed by atoms with Gasteiger partial charge in [0.1, 0.15) is 17.1 Å². The fraction of sp³-hybridized carbons (Fsp3) is 0.176. The summed E-state index contributed by atoms with van der Waals surface area (Å²) >= 11 is 0. The predicted octanol–water partition coefficient (Wildman–Crippen LogP) is 2.15. The number of carbonyl (C=O) groups is 1. The number of ether oxygens (including phenoxy) is 1. The summed E-state index contributed by atoms with van der Waals surface area (Å²) in [6, 6.07) is 8.06. The van der Waals surface area contributed by atoms with E-state index in [0.29, 0.717) is 17.0 Å². The number of aliphatic hydroxyl groups is 1. The number of halogens is 3. The van der Waals surface area contributed by atoms with E-state index in [0.717, 1.165) is 12.1 Å². The Bertz CT molecular complexity index is 944. The first-order valence-corrected chi connectivity index (χ1v) is 8.00. The van der Waals surface area contributed by atoms with Gasteiger partial charge in [-0.05, 0) is 36.4 Å². The van der Waals surface area contributed by atoms with Crippen LogP contribution in [-0.2, 0) is 0 Å². The number of alkyl halides is 3. The van der Waals surface area contributed by atoms with Gasteiger partial charge in [0.25, 0.3) is 5.91 Å². The second kappa shape index (κ2) is 8.05. The largest absolute Gasteiger partial charge is 0.573 e. The highest BCUT2D eigenvalue weighted by atomic mass is 19.4. The zero-order valence-corrected chi connectivity index (χ0v) is 14.2. The second-order valence-electron chi connectivity index (χ2n) is 5.48. The van der Waals surface area contributed by atoms with Gasteiger partial charge >= 0.3 is 6.36 Å². The van der Waals surface area contributed by atoms with E-state index in [9.17, 15) is 18.0 Å². The number of nitrogens with one attached hydrogen (secondary N) is 2. The molecule has 3 rings (SSSR count). The number of nitrogens with zero attached hydrogens (tertiary/aromatic N) is 3. The normalized spacial score (nSPS) is 11.3. The summed E-state index contributed by atoms with van der Waals surface area (Å²) in [4.78, 5) is 20.7. The summed E-state index contributed by atoms with van der Waals surface area (Å²) < 4.78 is 40.8. The Labute approximate surface area is 156 Å². The second-order valence-corrected chi connectivity index (χ2v) is 5.48. The lowest BCUT2D eigenvalue weighted by Crippen LogP contribution is -2.27. The molecule has 0 radical (unpaired) electrons. The van der Waals surface area contributed by atoms with Gasteiger partial charge in [-0.3, -0.25) is 9.89 Å². The lowest BCUT2D eigenvalue weighted by atomic mass is 10.1. The van der Waals surface area contributed by atoms with Crippen LogP contribution in [0.5, 0.6) is 5.75 Å². The molecule has 0 fully saturated rings. The Kier molecular flexibility index (Phi) is 5.54. The van der Waals surface area contributed by atoms with Gasteiger partial charge in [0, 0.05) is 18.3 Å². The van der Waals surface area contributed by atoms with Crippen molar-refractivity contribution in [1.82, 2.24) is 25.5 Å². The smallest absolute Gasteiger partial charge is 0.406 e. The van der Waals surface area contributed by atoms with Crippen molar-refractivity contribution in [3.8, 4) is 28.5 Å². The zero-order chi connectivity index (χ0) is 20.1. The van der Waals surface area contributed by atoms with Crippen LogP contribution in [-0.4, -0.2) is 50.7 Å². The van der Waals surface area contributed by atoms with Crippen molar-refractivity contribution < 1.29 is 27.8 Å². The predicted molar refractivity (Wildman–Crippen MR) is 91.2 cm³/mol. The van der Waals surface area contributed by atoms with Crippen LogP contribution in [0, 0.1) is 0 Å². The van der Waals surface area contributed by atoms with E-state index in [4.69, 9.17) is 5.11 Å². The molecule has 0 saturated heterocycles. The third-order valence-electron chi connectivity index (χ3n) is 3.48. The van der Waals surface area contributed by atoms with Crippen molar-refractivity contribution in [3.63, 3.8) is 0 Å².